The van der Waals surface area contributed by atoms with Crippen molar-refractivity contribution in [3.05, 3.63) is 48.7 Å². The Kier molecular flexibility index (Phi) is 5.54. The summed E-state index contributed by atoms with van der Waals surface area (Å²) >= 11 is 1.70. The van der Waals surface area contributed by atoms with Crippen molar-refractivity contribution in [3.63, 3.8) is 0 Å². The van der Waals surface area contributed by atoms with E-state index < -0.39 is 6.10 Å². The van der Waals surface area contributed by atoms with Crippen molar-refractivity contribution in [1.29, 1.82) is 0 Å². The lowest BCUT2D eigenvalue weighted by molar-refractivity contribution is 0.129. The molecule has 8 heteroatoms. The van der Waals surface area contributed by atoms with E-state index in [2.05, 4.69) is 33.6 Å². The van der Waals surface area contributed by atoms with E-state index >= 15 is 0 Å². The maximum absolute atomic E-state index is 10.3. The van der Waals surface area contributed by atoms with Crippen molar-refractivity contribution >= 4 is 32.9 Å². The molecule has 4 aromatic rings. The minimum absolute atomic E-state index is 0.0281. The minimum Gasteiger partial charge on any atom is -0.396 e. The van der Waals surface area contributed by atoms with E-state index in [4.69, 9.17) is 5.73 Å². The van der Waals surface area contributed by atoms with Gasteiger partial charge in [0, 0.05) is 11.3 Å². The maximum Gasteiger partial charge on any atom is 0.154 e. The van der Waals surface area contributed by atoms with E-state index in [-0.39, 0.29) is 12.6 Å². The highest BCUT2D eigenvalue weighted by molar-refractivity contribution is 7.22. The molecule has 0 saturated carbocycles. The van der Waals surface area contributed by atoms with E-state index in [1.54, 1.807) is 15.9 Å². The summed E-state index contributed by atoms with van der Waals surface area (Å²) in [6, 6.07) is 13.8. The van der Waals surface area contributed by atoms with Crippen molar-refractivity contribution in [2.75, 3.05) is 18.5 Å². The average molecular weight is 398 g/mol. The number of thiophene rings is 1. The number of nitrogens with zero attached hydrogens (tertiary/aromatic N) is 3. The molecule has 3 aromatic heterocycles. The van der Waals surface area contributed by atoms with E-state index in [0.29, 0.717) is 25.2 Å². The Morgan fingerprint density at radius 3 is 2.82 bits per heavy atom. The van der Waals surface area contributed by atoms with Gasteiger partial charge in [0.2, 0.25) is 0 Å². The largest absolute Gasteiger partial charge is 0.396 e. The quantitative estimate of drug-likeness (QED) is 0.364. The number of aliphatic hydroxyl groups is 2. The summed E-state index contributed by atoms with van der Waals surface area (Å²) in [5, 5.41) is 28.7. The lowest BCUT2D eigenvalue weighted by Gasteiger charge is -2.23. The Labute approximate surface area is 166 Å². The molecule has 3 heterocycles. The van der Waals surface area contributed by atoms with Gasteiger partial charge in [-0.3, -0.25) is 0 Å². The summed E-state index contributed by atoms with van der Waals surface area (Å²) in [5.41, 5.74) is 7.22. The lowest BCUT2D eigenvalue weighted by atomic mass is 10.1. The molecule has 0 fully saturated rings. The first-order valence-corrected chi connectivity index (χ1v) is 10.1. The lowest BCUT2D eigenvalue weighted by Crippen LogP contribution is -2.36. The number of hydrogen-bond acceptors (Lipinski definition) is 7. The highest BCUT2D eigenvalue weighted by Gasteiger charge is 2.19. The second-order valence-corrected chi connectivity index (χ2v) is 7.77. The number of nitrogens with two attached hydrogens (primary N) is 1. The van der Waals surface area contributed by atoms with Gasteiger partial charge in [-0.05, 0) is 49.0 Å². The molecule has 0 aliphatic rings. The standard InChI is InChI=1S/C20H23N5O2S/c21-9-7-16(27)14(8-10-26)23-19-5-6-20-22-12-15(25(20)24-19)18-11-13-3-1-2-4-17(13)28-18/h1-6,11-12,14,16,26-27H,7-10,21H2,(H,23,24). The topological polar surface area (TPSA) is 109 Å². The van der Waals surface area contributed by atoms with Crippen LogP contribution in [0, 0.1) is 0 Å². The van der Waals surface area contributed by atoms with Gasteiger partial charge in [0.1, 0.15) is 11.5 Å². The zero-order valence-electron chi connectivity index (χ0n) is 15.3. The first-order valence-electron chi connectivity index (χ1n) is 9.29. The molecule has 5 N–H and O–H groups in total. The predicted molar refractivity (Wildman–Crippen MR) is 113 cm³/mol. The maximum atomic E-state index is 10.3. The molecule has 0 radical (unpaired) electrons. The predicted octanol–water partition coefficient (Wildman–Crippen LogP) is 2.48. The van der Waals surface area contributed by atoms with Crippen molar-refractivity contribution < 1.29 is 10.2 Å². The molecule has 0 saturated heterocycles. The van der Waals surface area contributed by atoms with E-state index in [1.165, 1.54) is 10.1 Å². The van der Waals surface area contributed by atoms with Gasteiger partial charge in [-0.1, -0.05) is 18.2 Å². The number of fused-ring (bicyclic) bond motifs is 2. The molecule has 0 spiro atoms. The molecule has 0 amide bonds. The van der Waals surface area contributed by atoms with Gasteiger partial charge in [0.05, 0.1) is 23.2 Å². The van der Waals surface area contributed by atoms with Gasteiger partial charge in [0.25, 0.3) is 0 Å². The molecule has 0 aliphatic carbocycles. The Balaban J connectivity index is 1.67. The van der Waals surface area contributed by atoms with Crippen LogP contribution in [-0.4, -0.2) is 50.1 Å². The van der Waals surface area contributed by atoms with Gasteiger partial charge in [-0.2, -0.15) is 0 Å². The smallest absolute Gasteiger partial charge is 0.154 e. The fourth-order valence-corrected chi connectivity index (χ4v) is 4.35. The van der Waals surface area contributed by atoms with Crippen molar-refractivity contribution in [1.82, 2.24) is 14.6 Å². The average Bonchev–Trinajstić information content (AvgIpc) is 3.31. The number of benzene rings is 1. The SMILES string of the molecule is NCCC(O)C(CCO)Nc1ccc2ncc(-c3cc4ccccc4s3)n2n1. The number of rotatable bonds is 8. The molecule has 146 valence electrons. The van der Waals surface area contributed by atoms with Crippen molar-refractivity contribution in [2.24, 2.45) is 5.73 Å². The van der Waals surface area contributed by atoms with Gasteiger partial charge in [-0.25, -0.2) is 9.50 Å². The molecule has 4 rings (SSSR count). The van der Waals surface area contributed by atoms with Gasteiger partial charge >= 0.3 is 0 Å². The number of nitrogens with one attached hydrogen (secondary N) is 1. The molecule has 2 unspecified atom stereocenters. The molecular formula is C20H23N5O2S. The Hall–Kier alpha value is -2.52. The van der Waals surface area contributed by atoms with Crippen LogP contribution in [0.2, 0.25) is 0 Å². The molecule has 2 atom stereocenters. The van der Waals surface area contributed by atoms with Gasteiger partial charge in [-0.15, -0.1) is 16.4 Å². The summed E-state index contributed by atoms with van der Waals surface area (Å²) in [6.07, 6.45) is 2.04. The van der Waals surface area contributed by atoms with Crippen LogP contribution in [0.5, 0.6) is 0 Å². The molecule has 28 heavy (non-hydrogen) atoms. The molecular weight excluding hydrogens is 374 g/mol. The number of aromatic nitrogens is 3. The first-order chi connectivity index (χ1) is 13.7. The fourth-order valence-electron chi connectivity index (χ4n) is 3.29. The number of aliphatic hydroxyl groups excluding tert-OH is 2. The van der Waals surface area contributed by atoms with Crippen LogP contribution in [0.15, 0.2) is 48.7 Å². The summed E-state index contributed by atoms with van der Waals surface area (Å²) in [6.45, 7) is 0.356. The van der Waals surface area contributed by atoms with Gasteiger partial charge in [0.15, 0.2) is 5.65 Å². The first kappa shape index (κ1) is 18.8. The monoisotopic (exact) mass is 397 g/mol. The number of hydrogen-bond donors (Lipinski definition) is 4. The Morgan fingerprint density at radius 2 is 2.04 bits per heavy atom. The highest BCUT2D eigenvalue weighted by Crippen LogP contribution is 2.33. The summed E-state index contributed by atoms with van der Waals surface area (Å²) < 4.78 is 3.02. The summed E-state index contributed by atoms with van der Waals surface area (Å²) in [5.74, 6) is 0.613. The van der Waals surface area contributed by atoms with Crippen molar-refractivity contribution in [3.8, 4) is 10.6 Å². The number of imidazole rings is 1. The zero-order valence-corrected chi connectivity index (χ0v) is 16.1. The summed E-state index contributed by atoms with van der Waals surface area (Å²) in [7, 11) is 0. The normalized spacial score (nSPS) is 13.8. The third-order valence-electron chi connectivity index (χ3n) is 4.74. The van der Waals surface area contributed by atoms with Gasteiger partial charge < -0.3 is 21.3 Å². The van der Waals surface area contributed by atoms with E-state index in [0.717, 1.165) is 16.2 Å². The third kappa shape index (κ3) is 3.72. The third-order valence-corrected chi connectivity index (χ3v) is 5.88. The Bertz CT molecular complexity index is 1040. The van der Waals surface area contributed by atoms with Crippen LogP contribution in [0.4, 0.5) is 5.82 Å². The van der Waals surface area contributed by atoms with Crippen LogP contribution in [0.25, 0.3) is 26.3 Å². The molecule has 0 aliphatic heterocycles. The van der Waals surface area contributed by atoms with Crippen LogP contribution < -0.4 is 11.1 Å². The minimum atomic E-state index is -0.653. The molecule has 0 bridgehead atoms. The number of anilines is 1. The van der Waals surface area contributed by atoms with Crippen LogP contribution in [-0.2, 0) is 0 Å². The summed E-state index contributed by atoms with van der Waals surface area (Å²) in [4.78, 5) is 5.55. The molecule has 7 nitrogen and oxygen atoms in total. The van der Waals surface area contributed by atoms with Crippen LogP contribution in [0.1, 0.15) is 12.8 Å². The highest BCUT2D eigenvalue weighted by atomic mass is 32.1. The zero-order chi connectivity index (χ0) is 19.5. The molecule has 1 aromatic carbocycles. The Morgan fingerprint density at radius 1 is 1.18 bits per heavy atom. The van der Waals surface area contributed by atoms with E-state index in [1.807, 2.05) is 30.5 Å². The van der Waals surface area contributed by atoms with Crippen LogP contribution >= 0.6 is 11.3 Å². The second-order valence-electron chi connectivity index (χ2n) is 6.69. The van der Waals surface area contributed by atoms with Crippen molar-refractivity contribution in [2.45, 2.75) is 25.0 Å². The second kappa shape index (κ2) is 8.24. The van der Waals surface area contributed by atoms with Crippen LogP contribution in [0.3, 0.4) is 0 Å². The fraction of sp³-hybridized carbons (Fsp3) is 0.300. The van der Waals surface area contributed by atoms with E-state index in [9.17, 15) is 10.2 Å².